The maximum Gasteiger partial charge on any atom is 0.238 e. The van der Waals surface area contributed by atoms with Crippen LogP contribution in [-0.4, -0.2) is 44.0 Å². The van der Waals surface area contributed by atoms with Crippen molar-refractivity contribution in [3.05, 3.63) is 29.3 Å². The average Bonchev–Trinajstić information content (AvgIpc) is 2.80. The second kappa shape index (κ2) is 7.95. The van der Waals surface area contributed by atoms with Gasteiger partial charge in [-0.05, 0) is 50.4 Å². The molecule has 1 aliphatic rings. The number of halogens is 1. The molecule has 0 aromatic heterocycles. The Morgan fingerprint density at radius 3 is 2.55 bits per heavy atom. The van der Waals surface area contributed by atoms with E-state index < -0.39 is 0 Å². The molecule has 0 saturated carbocycles. The Morgan fingerprint density at radius 2 is 2.00 bits per heavy atom. The molecule has 2 rings (SSSR count). The number of benzene rings is 1. The van der Waals surface area contributed by atoms with Crippen LogP contribution in [0.1, 0.15) is 24.5 Å². The summed E-state index contributed by atoms with van der Waals surface area (Å²) < 4.78 is 0. The van der Waals surface area contributed by atoms with Crippen molar-refractivity contribution in [1.82, 2.24) is 10.2 Å². The van der Waals surface area contributed by atoms with Crippen molar-refractivity contribution in [2.24, 2.45) is 5.41 Å². The van der Waals surface area contributed by atoms with Crippen LogP contribution >= 0.6 is 12.4 Å². The van der Waals surface area contributed by atoms with Crippen LogP contribution < -0.4 is 10.6 Å². The molecule has 22 heavy (non-hydrogen) atoms. The van der Waals surface area contributed by atoms with E-state index in [4.69, 9.17) is 0 Å². The van der Waals surface area contributed by atoms with Gasteiger partial charge in [-0.2, -0.15) is 0 Å². The molecule has 4 nitrogen and oxygen atoms in total. The van der Waals surface area contributed by atoms with Crippen LogP contribution in [0.3, 0.4) is 0 Å². The Bertz CT molecular complexity index is 492. The summed E-state index contributed by atoms with van der Waals surface area (Å²) in [6.45, 7) is 9.83. The quantitative estimate of drug-likeness (QED) is 0.874. The van der Waals surface area contributed by atoms with Crippen molar-refractivity contribution >= 4 is 24.0 Å². The normalized spacial score (nSPS) is 20.8. The largest absolute Gasteiger partial charge is 0.324 e. The topological polar surface area (TPSA) is 44.4 Å². The summed E-state index contributed by atoms with van der Waals surface area (Å²) in [4.78, 5) is 14.4. The lowest BCUT2D eigenvalue weighted by Crippen LogP contribution is -2.39. The third-order valence-electron chi connectivity index (χ3n) is 4.27. The maximum atomic E-state index is 12.2. The highest BCUT2D eigenvalue weighted by atomic mass is 35.5. The number of nitrogens with zero attached hydrogens (tertiary/aromatic N) is 1. The van der Waals surface area contributed by atoms with Gasteiger partial charge >= 0.3 is 0 Å². The molecular formula is C17H28ClN3O. The van der Waals surface area contributed by atoms with Crippen LogP contribution in [0.2, 0.25) is 0 Å². The zero-order valence-electron chi connectivity index (χ0n) is 14.0. The number of likely N-dealkylation sites (N-methyl/N-ethyl adjacent to an activating group) is 1. The van der Waals surface area contributed by atoms with Gasteiger partial charge in [0, 0.05) is 18.8 Å². The molecule has 1 unspecified atom stereocenters. The van der Waals surface area contributed by atoms with Gasteiger partial charge in [0.15, 0.2) is 0 Å². The van der Waals surface area contributed by atoms with Crippen LogP contribution in [0, 0.1) is 19.3 Å². The van der Waals surface area contributed by atoms with E-state index >= 15 is 0 Å². The first kappa shape index (κ1) is 18.9. The van der Waals surface area contributed by atoms with Gasteiger partial charge in [-0.3, -0.25) is 9.69 Å². The van der Waals surface area contributed by atoms with Gasteiger partial charge in [-0.25, -0.2) is 0 Å². The summed E-state index contributed by atoms with van der Waals surface area (Å²) in [5, 5.41) is 6.45. The number of hydrogen-bond donors (Lipinski definition) is 2. The van der Waals surface area contributed by atoms with Crippen LogP contribution in [0.5, 0.6) is 0 Å². The van der Waals surface area contributed by atoms with E-state index in [9.17, 15) is 4.79 Å². The second-order valence-corrected chi connectivity index (χ2v) is 6.72. The molecule has 5 heteroatoms. The first-order valence-corrected chi connectivity index (χ1v) is 7.65. The second-order valence-electron chi connectivity index (χ2n) is 6.72. The third-order valence-corrected chi connectivity index (χ3v) is 4.27. The fourth-order valence-electron chi connectivity index (χ4n) is 3.15. The molecule has 0 radical (unpaired) electrons. The summed E-state index contributed by atoms with van der Waals surface area (Å²) in [5.41, 5.74) is 3.45. The van der Waals surface area contributed by atoms with E-state index in [1.807, 2.05) is 39.1 Å². The Labute approximate surface area is 140 Å². The lowest BCUT2D eigenvalue weighted by Gasteiger charge is -2.28. The predicted octanol–water partition coefficient (Wildman–Crippen LogP) is 2.60. The average molecular weight is 326 g/mol. The number of carbonyl (C=O) groups excluding carboxylic acids is 1. The van der Waals surface area contributed by atoms with Gasteiger partial charge in [0.05, 0.1) is 6.54 Å². The number of aryl methyl sites for hydroxylation is 2. The van der Waals surface area contributed by atoms with Gasteiger partial charge in [-0.15, -0.1) is 12.4 Å². The highest BCUT2D eigenvalue weighted by molar-refractivity contribution is 5.93. The Kier molecular flexibility index (Phi) is 6.85. The number of nitrogens with one attached hydrogen (secondary N) is 2. The fourth-order valence-corrected chi connectivity index (χ4v) is 3.15. The first-order valence-electron chi connectivity index (χ1n) is 7.65. The number of amides is 1. The number of rotatable bonds is 5. The summed E-state index contributed by atoms with van der Waals surface area (Å²) >= 11 is 0. The lowest BCUT2D eigenvalue weighted by molar-refractivity contribution is -0.117. The minimum absolute atomic E-state index is 0. The van der Waals surface area contributed by atoms with E-state index in [-0.39, 0.29) is 23.7 Å². The van der Waals surface area contributed by atoms with Crippen LogP contribution in [0.15, 0.2) is 18.2 Å². The first-order chi connectivity index (χ1) is 9.89. The fraction of sp³-hybridized carbons (Fsp3) is 0.588. The maximum absolute atomic E-state index is 12.2. The molecule has 1 amide bonds. The molecule has 0 aliphatic carbocycles. The van der Waals surface area contributed by atoms with E-state index in [0.29, 0.717) is 6.54 Å². The molecule has 0 bridgehead atoms. The molecule has 1 saturated heterocycles. The van der Waals surface area contributed by atoms with Crippen molar-refractivity contribution in [3.8, 4) is 0 Å². The summed E-state index contributed by atoms with van der Waals surface area (Å²) in [5.74, 6) is 0.0597. The van der Waals surface area contributed by atoms with Crippen LogP contribution in [0.4, 0.5) is 5.69 Å². The van der Waals surface area contributed by atoms with Gasteiger partial charge in [0.25, 0.3) is 0 Å². The van der Waals surface area contributed by atoms with E-state index in [1.54, 1.807) is 0 Å². The number of para-hydroxylation sites is 1. The standard InChI is InChI=1S/C17H27N3O.ClH/c1-13-6-5-7-14(2)16(13)19-15(21)10-20(4)12-17(3)8-9-18-11-17;/h5-7,18H,8-12H2,1-4H3,(H,19,21);1H. The highest BCUT2D eigenvalue weighted by Crippen LogP contribution is 2.25. The van der Waals surface area contributed by atoms with Gasteiger partial charge in [-0.1, -0.05) is 25.1 Å². The number of carbonyl (C=O) groups is 1. The summed E-state index contributed by atoms with van der Waals surface area (Å²) in [7, 11) is 2.02. The molecule has 1 aliphatic heterocycles. The molecule has 1 aromatic rings. The number of hydrogen-bond acceptors (Lipinski definition) is 3. The smallest absolute Gasteiger partial charge is 0.238 e. The lowest BCUT2D eigenvalue weighted by atomic mass is 9.89. The molecule has 1 fully saturated rings. The van der Waals surface area contributed by atoms with Crippen molar-refractivity contribution in [2.45, 2.75) is 27.2 Å². The molecular weight excluding hydrogens is 298 g/mol. The highest BCUT2D eigenvalue weighted by Gasteiger charge is 2.30. The number of anilines is 1. The minimum Gasteiger partial charge on any atom is -0.324 e. The zero-order valence-corrected chi connectivity index (χ0v) is 14.8. The Balaban J connectivity index is 0.00000242. The van der Waals surface area contributed by atoms with Gasteiger partial charge in [0.1, 0.15) is 0 Å². The van der Waals surface area contributed by atoms with Gasteiger partial charge < -0.3 is 10.6 Å². The predicted molar refractivity (Wildman–Crippen MR) is 94.9 cm³/mol. The Hall–Kier alpha value is -1.10. The molecule has 124 valence electrons. The van der Waals surface area contributed by atoms with Crippen molar-refractivity contribution in [3.63, 3.8) is 0 Å². The Morgan fingerprint density at radius 1 is 1.36 bits per heavy atom. The van der Waals surface area contributed by atoms with E-state index in [0.717, 1.165) is 36.4 Å². The van der Waals surface area contributed by atoms with Crippen LogP contribution in [-0.2, 0) is 4.79 Å². The van der Waals surface area contributed by atoms with Crippen LogP contribution in [0.25, 0.3) is 0 Å². The summed E-state index contributed by atoms with van der Waals surface area (Å²) in [6.07, 6.45) is 1.18. The molecule has 1 atom stereocenters. The molecule has 2 N–H and O–H groups in total. The van der Waals surface area contributed by atoms with Crippen molar-refractivity contribution in [2.75, 3.05) is 38.5 Å². The SMILES string of the molecule is Cc1cccc(C)c1NC(=O)CN(C)CC1(C)CCNC1.Cl. The monoisotopic (exact) mass is 325 g/mol. The third kappa shape index (κ3) is 4.97. The van der Waals surface area contributed by atoms with E-state index in [1.165, 1.54) is 6.42 Å². The molecule has 1 heterocycles. The minimum atomic E-state index is 0. The van der Waals surface area contributed by atoms with Gasteiger partial charge in [0.2, 0.25) is 5.91 Å². The zero-order chi connectivity index (χ0) is 15.5. The summed E-state index contributed by atoms with van der Waals surface area (Å²) in [6, 6.07) is 6.06. The van der Waals surface area contributed by atoms with Crippen molar-refractivity contribution in [1.29, 1.82) is 0 Å². The molecule has 0 spiro atoms. The van der Waals surface area contributed by atoms with Crippen molar-refractivity contribution < 1.29 is 4.79 Å². The van der Waals surface area contributed by atoms with E-state index in [2.05, 4.69) is 22.5 Å². The molecule has 1 aromatic carbocycles.